The molecule has 0 aliphatic rings. The SMILES string of the molecule is CC(C)(C)C(=O)Oc1cc(-c2nc(Cl)c3c(Cl)nc(Cl)nc3c2F)c2ccccc2c1. The second-order valence-corrected chi connectivity index (χ2v) is 8.96. The Morgan fingerprint density at radius 1 is 1.00 bits per heavy atom. The number of esters is 1. The zero-order valence-corrected chi connectivity index (χ0v) is 18.9. The van der Waals surface area contributed by atoms with Gasteiger partial charge in [-0.15, -0.1) is 0 Å². The molecular weight excluding hydrogens is 464 g/mol. The molecule has 0 atom stereocenters. The predicted octanol–water partition coefficient (Wildman–Crippen LogP) is 6.90. The summed E-state index contributed by atoms with van der Waals surface area (Å²) in [6.45, 7) is 5.23. The molecular formula is C22H15Cl3FN3O2. The summed E-state index contributed by atoms with van der Waals surface area (Å²) in [7, 11) is 0. The zero-order chi connectivity index (χ0) is 22.5. The van der Waals surface area contributed by atoms with Crippen LogP contribution in [0.5, 0.6) is 5.75 Å². The van der Waals surface area contributed by atoms with Gasteiger partial charge < -0.3 is 4.74 Å². The molecule has 0 aliphatic heterocycles. The van der Waals surface area contributed by atoms with E-state index in [1.54, 1.807) is 39.0 Å². The van der Waals surface area contributed by atoms with E-state index in [4.69, 9.17) is 39.5 Å². The van der Waals surface area contributed by atoms with Crippen LogP contribution < -0.4 is 4.74 Å². The van der Waals surface area contributed by atoms with Gasteiger partial charge in [-0.2, -0.15) is 0 Å². The molecule has 0 N–H and O–H groups in total. The molecule has 0 amide bonds. The minimum absolute atomic E-state index is 0.0635. The largest absolute Gasteiger partial charge is 0.426 e. The first-order chi connectivity index (χ1) is 14.6. The van der Waals surface area contributed by atoms with Crippen molar-refractivity contribution in [3.8, 4) is 17.0 Å². The van der Waals surface area contributed by atoms with E-state index < -0.39 is 17.2 Å². The van der Waals surface area contributed by atoms with Crippen LogP contribution in [0.4, 0.5) is 4.39 Å². The van der Waals surface area contributed by atoms with Gasteiger partial charge >= 0.3 is 5.97 Å². The van der Waals surface area contributed by atoms with E-state index in [9.17, 15) is 4.79 Å². The average Bonchev–Trinajstić information content (AvgIpc) is 2.68. The highest BCUT2D eigenvalue weighted by atomic mass is 35.5. The van der Waals surface area contributed by atoms with E-state index in [1.807, 2.05) is 18.2 Å². The monoisotopic (exact) mass is 477 g/mol. The van der Waals surface area contributed by atoms with Gasteiger partial charge in [0.15, 0.2) is 5.82 Å². The number of hydrogen-bond acceptors (Lipinski definition) is 5. The normalized spacial score (nSPS) is 11.8. The molecule has 31 heavy (non-hydrogen) atoms. The molecule has 0 radical (unpaired) electrons. The van der Waals surface area contributed by atoms with Crippen LogP contribution in [0.2, 0.25) is 15.6 Å². The fourth-order valence-electron chi connectivity index (χ4n) is 3.04. The van der Waals surface area contributed by atoms with Gasteiger partial charge in [-0.1, -0.05) is 47.5 Å². The molecule has 0 bridgehead atoms. The van der Waals surface area contributed by atoms with Crippen molar-refractivity contribution in [1.29, 1.82) is 0 Å². The number of ether oxygens (including phenoxy) is 1. The molecule has 4 rings (SSSR count). The van der Waals surface area contributed by atoms with Crippen molar-refractivity contribution >= 4 is 62.4 Å². The molecule has 2 aromatic heterocycles. The number of aromatic nitrogens is 3. The molecule has 2 aromatic carbocycles. The van der Waals surface area contributed by atoms with Gasteiger partial charge in [-0.3, -0.25) is 4.79 Å². The number of fused-ring (bicyclic) bond motifs is 2. The first kappa shape index (κ1) is 21.7. The van der Waals surface area contributed by atoms with Crippen molar-refractivity contribution in [3.63, 3.8) is 0 Å². The topological polar surface area (TPSA) is 65.0 Å². The number of pyridine rings is 1. The first-order valence-electron chi connectivity index (χ1n) is 9.19. The average molecular weight is 479 g/mol. The number of nitrogens with zero attached hydrogens (tertiary/aromatic N) is 3. The summed E-state index contributed by atoms with van der Waals surface area (Å²) in [5.74, 6) is -0.940. The fraction of sp³-hybridized carbons (Fsp3) is 0.182. The van der Waals surface area contributed by atoms with Crippen molar-refractivity contribution in [3.05, 3.63) is 57.8 Å². The van der Waals surface area contributed by atoms with Crippen LogP contribution in [-0.4, -0.2) is 20.9 Å². The quantitative estimate of drug-likeness (QED) is 0.103. The van der Waals surface area contributed by atoms with E-state index in [2.05, 4.69) is 15.0 Å². The fourth-order valence-corrected chi connectivity index (χ4v) is 3.82. The molecule has 0 saturated heterocycles. The van der Waals surface area contributed by atoms with E-state index in [1.165, 1.54) is 0 Å². The van der Waals surface area contributed by atoms with E-state index in [-0.39, 0.29) is 37.9 Å². The lowest BCUT2D eigenvalue weighted by atomic mass is 9.97. The first-order valence-corrected chi connectivity index (χ1v) is 10.3. The van der Waals surface area contributed by atoms with Gasteiger partial charge in [0.25, 0.3) is 0 Å². The minimum atomic E-state index is -0.768. The Morgan fingerprint density at radius 2 is 1.68 bits per heavy atom. The Hall–Kier alpha value is -2.54. The molecule has 0 saturated carbocycles. The Kier molecular flexibility index (Phi) is 5.50. The van der Waals surface area contributed by atoms with Crippen LogP contribution in [0.15, 0.2) is 36.4 Å². The minimum Gasteiger partial charge on any atom is -0.426 e. The van der Waals surface area contributed by atoms with E-state index in [0.717, 1.165) is 5.39 Å². The summed E-state index contributed by atoms with van der Waals surface area (Å²) < 4.78 is 21.1. The molecule has 0 spiro atoms. The summed E-state index contributed by atoms with van der Waals surface area (Å²) in [4.78, 5) is 24.4. The van der Waals surface area contributed by atoms with Gasteiger partial charge in [-0.25, -0.2) is 19.3 Å². The Balaban J connectivity index is 2.00. The predicted molar refractivity (Wildman–Crippen MR) is 120 cm³/mol. The summed E-state index contributed by atoms with van der Waals surface area (Å²) in [5, 5.41) is 1.08. The van der Waals surface area contributed by atoms with Crippen molar-refractivity contribution < 1.29 is 13.9 Å². The maximum atomic E-state index is 15.6. The third-order valence-electron chi connectivity index (χ3n) is 4.58. The number of benzene rings is 2. The Labute approximate surface area is 192 Å². The molecule has 4 aromatic rings. The molecule has 9 heteroatoms. The second kappa shape index (κ2) is 7.86. The number of halogens is 4. The molecule has 2 heterocycles. The summed E-state index contributed by atoms with van der Waals surface area (Å²) in [6, 6.07) is 10.5. The molecule has 0 fully saturated rings. The third-order valence-corrected chi connectivity index (χ3v) is 5.30. The maximum absolute atomic E-state index is 15.6. The lowest BCUT2D eigenvalue weighted by Gasteiger charge is -2.18. The Bertz CT molecular complexity index is 1370. The van der Waals surface area contributed by atoms with Crippen molar-refractivity contribution in [2.24, 2.45) is 5.41 Å². The van der Waals surface area contributed by atoms with Crippen LogP contribution in [0.25, 0.3) is 32.9 Å². The number of carbonyl (C=O) groups excluding carboxylic acids is 1. The highest BCUT2D eigenvalue weighted by Crippen LogP contribution is 2.38. The zero-order valence-electron chi connectivity index (χ0n) is 16.6. The van der Waals surface area contributed by atoms with Crippen molar-refractivity contribution in [2.45, 2.75) is 20.8 Å². The van der Waals surface area contributed by atoms with Crippen LogP contribution in [0, 0.1) is 11.2 Å². The van der Waals surface area contributed by atoms with Gasteiger partial charge in [-0.05, 0) is 55.3 Å². The van der Waals surface area contributed by atoms with Gasteiger partial charge in [0.2, 0.25) is 5.28 Å². The molecule has 5 nitrogen and oxygen atoms in total. The van der Waals surface area contributed by atoms with Gasteiger partial charge in [0, 0.05) is 5.56 Å². The van der Waals surface area contributed by atoms with Crippen LogP contribution in [-0.2, 0) is 4.79 Å². The summed E-state index contributed by atoms with van der Waals surface area (Å²) in [5.41, 5.74) is -0.567. The lowest BCUT2D eigenvalue weighted by Crippen LogP contribution is -2.25. The van der Waals surface area contributed by atoms with Crippen LogP contribution >= 0.6 is 34.8 Å². The standard InChI is InChI=1S/C22H15Cl3FN3O2/c1-22(2,3)20(30)31-11-8-10-6-4-5-7-12(10)13(9-11)16-15(26)17-14(18(23)27-16)19(24)29-21(25)28-17/h4-9H,1-3H3. The summed E-state index contributed by atoms with van der Waals surface area (Å²) >= 11 is 18.3. The van der Waals surface area contributed by atoms with Crippen molar-refractivity contribution in [1.82, 2.24) is 15.0 Å². The van der Waals surface area contributed by atoms with Crippen LogP contribution in [0.3, 0.4) is 0 Å². The second-order valence-electron chi connectivity index (χ2n) is 7.90. The Morgan fingerprint density at radius 3 is 2.39 bits per heavy atom. The molecule has 0 unspecified atom stereocenters. The summed E-state index contributed by atoms with van der Waals surface area (Å²) in [6.07, 6.45) is 0. The maximum Gasteiger partial charge on any atom is 0.316 e. The number of rotatable bonds is 2. The van der Waals surface area contributed by atoms with E-state index >= 15 is 4.39 Å². The lowest BCUT2D eigenvalue weighted by molar-refractivity contribution is -0.142. The van der Waals surface area contributed by atoms with Crippen molar-refractivity contribution in [2.75, 3.05) is 0 Å². The van der Waals surface area contributed by atoms with Gasteiger partial charge in [0.05, 0.1) is 10.8 Å². The molecule has 158 valence electrons. The van der Waals surface area contributed by atoms with Crippen LogP contribution in [0.1, 0.15) is 20.8 Å². The van der Waals surface area contributed by atoms with E-state index in [0.29, 0.717) is 10.9 Å². The number of carbonyl (C=O) groups is 1. The van der Waals surface area contributed by atoms with Gasteiger partial charge in [0.1, 0.15) is 27.3 Å². The highest BCUT2D eigenvalue weighted by molar-refractivity contribution is 6.41. The molecule has 0 aliphatic carbocycles. The highest BCUT2D eigenvalue weighted by Gasteiger charge is 2.25. The smallest absolute Gasteiger partial charge is 0.316 e. The third kappa shape index (κ3) is 4.03. The number of hydrogen-bond donors (Lipinski definition) is 0.